The summed E-state index contributed by atoms with van der Waals surface area (Å²) in [6, 6.07) is 1.87. The van der Waals surface area contributed by atoms with E-state index in [4.69, 9.17) is 11.6 Å². The average molecular weight is 255 g/mol. The molecular weight excluding hydrogens is 244 g/mol. The Morgan fingerprint density at radius 2 is 2.24 bits per heavy atom. The molecular formula is C10H11ClN4O2. The van der Waals surface area contributed by atoms with E-state index in [1.54, 1.807) is 10.9 Å². The van der Waals surface area contributed by atoms with Gasteiger partial charge in [0.25, 0.3) is 5.56 Å². The summed E-state index contributed by atoms with van der Waals surface area (Å²) in [7, 11) is 1.83. The zero-order valence-electron chi connectivity index (χ0n) is 9.18. The molecule has 0 fully saturated rings. The van der Waals surface area contributed by atoms with Crippen molar-refractivity contribution in [2.45, 2.75) is 13.0 Å². The summed E-state index contributed by atoms with van der Waals surface area (Å²) in [6.07, 6.45) is 3.68. The first kappa shape index (κ1) is 11.7. The second-order valence-corrected chi connectivity index (χ2v) is 4.03. The van der Waals surface area contributed by atoms with Gasteiger partial charge in [-0.1, -0.05) is 11.6 Å². The maximum Gasteiger partial charge on any atom is 0.328 e. The highest BCUT2D eigenvalue weighted by Gasteiger charge is 2.04. The summed E-state index contributed by atoms with van der Waals surface area (Å²) in [5.74, 6) is 0. The van der Waals surface area contributed by atoms with E-state index in [1.807, 2.05) is 13.1 Å². The van der Waals surface area contributed by atoms with Gasteiger partial charge in [0.2, 0.25) is 0 Å². The highest BCUT2D eigenvalue weighted by Crippen LogP contribution is 2.00. The molecule has 6 nitrogen and oxygen atoms in total. The number of rotatable bonds is 3. The minimum Gasteiger partial charge on any atom is -0.299 e. The lowest BCUT2D eigenvalue weighted by Gasteiger charge is -2.05. The summed E-state index contributed by atoms with van der Waals surface area (Å²) in [5.41, 5.74) is -0.0192. The van der Waals surface area contributed by atoms with Crippen LogP contribution in [0.5, 0.6) is 0 Å². The summed E-state index contributed by atoms with van der Waals surface area (Å²) in [4.78, 5) is 24.7. The molecule has 0 aliphatic rings. The Morgan fingerprint density at radius 3 is 2.88 bits per heavy atom. The molecule has 0 unspecified atom stereocenters. The van der Waals surface area contributed by atoms with E-state index in [0.717, 1.165) is 5.69 Å². The largest absolute Gasteiger partial charge is 0.328 e. The molecule has 0 spiro atoms. The normalized spacial score (nSPS) is 10.7. The van der Waals surface area contributed by atoms with Crippen LogP contribution in [0.15, 0.2) is 28.0 Å². The van der Waals surface area contributed by atoms with Crippen LogP contribution >= 0.6 is 11.6 Å². The van der Waals surface area contributed by atoms with Gasteiger partial charge in [0, 0.05) is 38.1 Å². The molecule has 0 aliphatic heterocycles. The van der Waals surface area contributed by atoms with Crippen LogP contribution < -0.4 is 11.2 Å². The first-order chi connectivity index (χ1) is 8.08. The fourth-order valence-corrected chi connectivity index (χ4v) is 1.70. The first-order valence-corrected chi connectivity index (χ1v) is 5.42. The third kappa shape index (κ3) is 2.47. The first-order valence-electron chi connectivity index (χ1n) is 5.04. The van der Waals surface area contributed by atoms with Gasteiger partial charge in [-0.2, -0.15) is 5.10 Å². The SMILES string of the molecule is Cn1nccc1CCn1cc(Cl)c(=O)[nH]c1=O. The molecule has 0 atom stereocenters. The Bertz CT molecular complexity index is 640. The van der Waals surface area contributed by atoms with Crippen LogP contribution in [-0.4, -0.2) is 19.3 Å². The van der Waals surface area contributed by atoms with Gasteiger partial charge in [0.05, 0.1) is 0 Å². The molecule has 0 saturated carbocycles. The number of hydrogen-bond donors (Lipinski definition) is 1. The van der Waals surface area contributed by atoms with Crippen molar-refractivity contribution in [2.24, 2.45) is 7.05 Å². The molecule has 0 radical (unpaired) electrons. The molecule has 2 aromatic heterocycles. The summed E-state index contributed by atoms with van der Waals surface area (Å²) in [6.45, 7) is 0.439. The minimum absolute atomic E-state index is 0.00889. The maximum atomic E-state index is 11.5. The highest BCUT2D eigenvalue weighted by molar-refractivity contribution is 6.30. The van der Waals surface area contributed by atoms with Crippen LogP contribution in [0.25, 0.3) is 0 Å². The van der Waals surface area contributed by atoms with Gasteiger partial charge in [0.1, 0.15) is 5.02 Å². The van der Waals surface area contributed by atoms with Crippen LogP contribution in [-0.2, 0) is 20.0 Å². The molecule has 0 amide bonds. The molecule has 1 N–H and O–H groups in total. The van der Waals surface area contributed by atoms with Crippen molar-refractivity contribution in [3.63, 3.8) is 0 Å². The number of aryl methyl sites for hydroxylation is 3. The standard InChI is InChI=1S/C10H11ClN4O2/c1-14-7(2-4-12-14)3-5-15-6-8(11)9(16)13-10(15)17/h2,4,6H,3,5H2,1H3,(H,13,16,17). The number of hydrogen-bond acceptors (Lipinski definition) is 3. The van der Waals surface area contributed by atoms with Gasteiger partial charge < -0.3 is 0 Å². The molecule has 90 valence electrons. The molecule has 0 bridgehead atoms. The van der Waals surface area contributed by atoms with Crippen molar-refractivity contribution in [3.05, 3.63) is 50.0 Å². The Hall–Kier alpha value is -1.82. The van der Waals surface area contributed by atoms with Gasteiger partial charge in [-0.05, 0) is 6.07 Å². The minimum atomic E-state index is -0.562. The van der Waals surface area contributed by atoms with Gasteiger partial charge >= 0.3 is 5.69 Å². The smallest absolute Gasteiger partial charge is 0.299 e. The topological polar surface area (TPSA) is 72.7 Å². The zero-order chi connectivity index (χ0) is 12.4. The molecule has 0 aromatic carbocycles. The maximum absolute atomic E-state index is 11.5. The highest BCUT2D eigenvalue weighted by atomic mass is 35.5. The second kappa shape index (κ2) is 4.58. The van der Waals surface area contributed by atoms with Crippen LogP contribution in [0.2, 0.25) is 5.02 Å². The van der Waals surface area contributed by atoms with Gasteiger partial charge in [-0.25, -0.2) is 4.79 Å². The molecule has 0 aliphatic carbocycles. The van der Waals surface area contributed by atoms with Crippen LogP contribution in [0, 0.1) is 0 Å². The van der Waals surface area contributed by atoms with E-state index >= 15 is 0 Å². The molecule has 17 heavy (non-hydrogen) atoms. The lowest BCUT2D eigenvalue weighted by molar-refractivity contribution is 0.608. The van der Waals surface area contributed by atoms with Crippen LogP contribution in [0.3, 0.4) is 0 Å². The monoisotopic (exact) mass is 254 g/mol. The van der Waals surface area contributed by atoms with Crippen molar-refractivity contribution in [2.75, 3.05) is 0 Å². The third-order valence-electron chi connectivity index (χ3n) is 2.50. The Balaban J connectivity index is 2.20. The van der Waals surface area contributed by atoms with Crippen LogP contribution in [0.4, 0.5) is 0 Å². The van der Waals surface area contributed by atoms with Gasteiger partial charge in [0.15, 0.2) is 0 Å². The van der Waals surface area contributed by atoms with Crippen molar-refractivity contribution in [1.29, 1.82) is 0 Å². The van der Waals surface area contributed by atoms with E-state index in [2.05, 4.69) is 10.1 Å². The number of aromatic nitrogens is 4. The number of halogens is 1. The molecule has 7 heteroatoms. The van der Waals surface area contributed by atoms with E-state index in [0.29, 0.717) is 13.0 Å². The number of nitrogens with one attached hydrogen (secondary N) is 1. The Morgan fingerprint density at radius 1 is 1.47 bits per heavy atom. The lowest BCUT2D eigenvalue weighted by atomic mass is 10.3. The van der Waals surface area contributed by atoms with Crippen LogP contribution in [0.1, 0.15) is 5.69 Å². The summed E-state index contributed by atoms with van der Waals surface area (Å²) < 4.78 is 3.11. The predicted molar refractivity (Wildman–Crippen MR) is 63.2 cm³/mol. The van der Waals surface area contributed by atoms with Crippen molar-refractivity contribution in [3.8, 4) is 0 Å². The van der Waals surface area contributed by atoms with E-state index in [1.165, 1.54) is 10.8 Å². The van der Waals surface area contributed by atoms with Crippen molar-refractivity contribution >= 4 is 11.6 Å². The number of H-pyrrole nitrogens is 1. The quantitative estimate of drug-likeness (QED) is 0.848. The summed E-state index contributed by atoms with van der Waals surface area (Å²) in [5, 5.41) is 4.04. The summed E-state index contributed by atoms with van der Waals surface area (Å²) >= 11 is 5.66. The average Bonchev–Trinajstić information content (AvgIpc) is 2.68. The Labute approximate surface area is 101 Å². The van der Waals surface area contributed by atoms with Crippen molar-refractivity contribution < 1.29 is 0 Å². The molecule has 2 rings (SSSR count). The molecule has 2 aromatic rings. The van der Waals surface area contributed by atoms with Crippen molar-refractivity contribution in [1.82, 2.24) is 19.3 Å². The fraction of sp³-hybridized carbons (Fsp3) is 0.300. The van der Waals surface area contributed by atoms with E-state index < -0.39 is 11.2 Å². The second-order valence-electron chi connectivity index (χ2n) is 3.63. The lowest BCUT2D eigenvalue weighted by Crippen LogP contribution is -2.30. The van der Waals surface area contributed by atoms with E-state index in [-0.39, 0.29) is 5.02 Å². The third-order valence-corrected chi connectivity index (χ3v) is 2.77. The van der Waals surface area contributed by atoms with Gasteiger partial charge in [-0.3, -0.25) is 19.0 Å². The zero-order valence-corrected chi connectivity index (χ0v) is 9.94. The molecule has 0 saturated heterocycles. The number of aromatic amines is 1. The number of nitrogens with zero attached hydrogens (tertiary/aromatic N) is 3. The molecule has 2 heterocycles. The van der Waals surface area contributed by atoms with Gasteiger partial charge in [-0.15, -0.1) is 0 Å². The fourth-order valence-electron chi connectivity index (χ4n) is 1.53. The van der Waals surface area contributed by atoms with E-state index in [9.17, 15) is 9.59 Å². The Kier molecular flexibility index (Phi) is 3.14. The predicted octanol–water partition coefficient (Wildman–Crippen LogP) is 0.166.